The van der Waals surface area contributed by atoms with E-state index in [-0.39, 0.29) is 43.2 Å². The van der Waals surface area contributed by atoms with Gasteiger partial charge in [-0.3, -0.25) is 14.4 Å². The van der Waals surface area contributed by atoms with Gasteiger partial charge in [-0.05, 0) is 38.3 Å². The van der Waals surface area contributed by atoms with Gasteiger partial charge in [0.2, 0.25) is 11.8 Å². The average molecular weight is 392 g/mol. The highest BCUT2D eigenvalue weighted by Gasteiger charge is 2.34. The number of amides is 2. The molecular weight excluding hydrogens is 358 g/mol. The lowest BCUT2D eigenvalue weighted by Gasteiger charge is -2.28. The Morgan fingerprint density at radius 3 is 2.50 bits per heavy atom. The molecule has 1 aromatic rings. The quantitative estimate of drug-likeness (QED) is 0.513. The number of rotatable bonds is 12. The largest absolute Gasteiger partial charge is 0.466 e. The van der Waals surface area contributed by atoms with E-state index in [9.17, 15) is 14.4 Å². The van der Waals surface area contributed by atoms with Crippen molar-refractivity contribution in [3.63, 3.8) is 0 Å². The molecule has 1 saturated carbocycles. The second-order valence-corrected chi connectivity index (χ2v) is 7.34. The van der Waals surface area contributed by atoms with Crippen LogP contribution in [-0.2, 0) is 32.7 Å². The molecule has 0 aliphatic heterocycles. The number of nitrogens with zero attached hydrogens (tertiary/aromatic N) is 3. The summed E-state index contributed by atoms with van der Waals surface area (Å²) in [6.07, 6.45) is 5.91. The second kappa shape index (κ2) is 10.9. The van der Waals surface area contributed by atoms with E-state index in [0.717, 1.165) is 31.4 Å². The third kappa shape index (κ3) is 6.69. The summed E-state index contributed by atoms with van der Waals surface area (Å²) >= 11 is 0. The molecule has 1 aliphatic rings. The summed E-state index contributed by atoms with van der Waals surface area (Å²) in [5.74, 6) is -0.560. The summed E-state index contributed by atoms with van der Waals surface area (Å²) in [4.78, 5) is 40.7. The fraction of sp³-hybridized carbons (Fsp3) is 0.667. The normalized spacial score (nSPS) is 13.2. The Labute approximate surface area is 167 Å². The molecular formula is C21H33N3O4. The maximum absolute atomic E-state index is 13.0. The zero-order valence-electron chi connectivity index (χ0n) is 17.4. The minimum Gasteiger partial charge on any atom is -0.466 e. The predicted octanol–water partition coefficient (Wildman–Crippen LogP) is 2.49. The highest BCUT2D eigenvalue weighted by atomic mass is 16.5. The van der Waals surface area contributed by atoms with E-state index in [4.69, 9.17) is 4.74 Å². The number of carbonyl (C=O) groups is 3. The van der Waals surface area contributed by atoms with Crippen LogP contribution in [0.1, 0.15) is 58.1 Å². The Hall–Kier alpha value is -2.31. The van der Waals surface area contributed by atoms with Crippen LogP contribution in [0.5, 0.6) is 0 Å². The first-order valence-corrected chi connectivity index (χ1v) is 10.3. The average Bonchev–Trinajstić information content (AvgIpc) is 3.43. The summed E-state index contributed by atoms with van der Waals surface area (Å²) in [6, 6.07) is 4.25. The van der Waals surface area contributed by atoms with Crippen molar-refractivity contribution in [3.05, 3.63) is 24.0 Å². The SMILES string of the molecule is CCCCN(CC(=O)N(Cc1cccn1C)C1CC1)C(=O)CCC(=O)OCC. The molecule has 2 amide bonds. The fourth-order valence-corrected chi connectivity index (χ4v) is 3.14. The molecule has 0 aromatic carbocycles. The molecule has 28 heavy (non-hydrogen) atoms. The molecule has 7 heteroatoms. The van der Waals surface area contributed by atoms with Crippen LogP contribution in [0.3, 0.4) is 0 Å². The summed E-state index contributed by atoms with van der Waals surface area (Å²) < 4.78 is 6.91. The number of esters is 1. The minimum absolute atomic E-state index is 0.0238. The van der Waals surface area contributed by atoms with E-state index < -0.39 is 0 Å². The van der Waals surface area contributed by atoms with Gasteiger partial charge in [0.25, 0.3) is 0 Å². The maximum atomic E-state index is 13.0. The fourth-order valence-electron chi connectivity index (χ4n) is 3.14. The molecule has 156 valence electrons. The monoisotopic (exact) mass is 391 g/mol. The standard InChI is InChI=1S/C21H33N3O4/c1-4-6-14-23(19(25)11-12-21(27)28-5-2)16-20(26)24(17-9-10-17)15-18-8-7-13-22(18)3/h7-8,13,17H,4-6,9-12,14-16H2,1-3H3. The van der Waals surface area contributed by atoms with E-state index in [2.05, 4.69) is 6.92 Å². The lowest BCUT2D eigenvalue weighted by atomic mass is 10.2. The van der Waals surface area contributed by atoms with Crippen LogP contribution < -0.4 is 0 Å². The van der Waals surface area contributed by atoms with Gasteiger partial charge in [0.05, 0.1) is 26.1 Å². The zero-order valence-corrected chi connectivity index (χ0v) is 17.4. The van der Waals surface area contributed by atoms with Crippen molar-refractivity contribution in [3.8, 4) is 0 Å². The maximum Gasteiger partial charge on any atom is 0.306 e. The number of aromatic nitrogens is 1. The molecule has 7 nitrogen and oxygen atoms in total. The van der Waals surface area contributed by atoms with Gasteiger partial charge in [-0.2, -0.15) is 0 Å². The van der Waals surface area contributed by atoms with Crippen LogP contribution in [0.4, 0.5) is 0 Å². The van der Waals surface area contributed by atoms with Gasteiger partial charge in [-0.1, -0.05) is 13.3 Å². The molecule has 1 fully saturated rings. The smallest absolute Gasteiger partial charge is 0.306 e. The van der Waals surface area contributed by atoms with E-state index in [1.165, 1.54) is 0 Å². The molecule has 0 saturated heterocycles. The van der Waals surface area contributed by atoms with Gasteiger partial charge >= 0.3 is 5.97 Å². The van der Waals surface area contributed by atoms with Crippen molar-refractivity contribution in [1.82, 2.24) is 14.4 Å². The molecule has 0 spiro atoms. The van der Waals surface area contributed by atoms with Gasteiger partial charge in [0.15, 0.2) is 0 Å². The third-order valence-electron chi connectivity index (χ3n) is 5.00. The molecule has 0 atom stereocenters. The molecule has 0 bridgehead atoms. The van der Waals surface area contributed by atoms with E-state index in [1.54, 1.807) is 11.8 Å². The summed E-state index contributed by atoms with van der Waals surface area (Å²) in [5, 5.41) is 0. The molecule has 0 radical (unpaired) electrons. The minimum atomic E-state index is -0.374. The number of carbonyl (C=O) groups excluding carboxylic acids is 3. The number of hydrogen-bond acceptors (Lipinski definition) is 4. The number of unbranched alkanes of at least 4 members (excludes halogenated alkanes) is 1. The van der Waals surface area contributed by atoms with Gasteiger partial charge in [0.1, 0.15) is 0 Å². The Kier molecular flexibility index (Phi) is 8.54. The molecule has 0 unspecified atom stereocenters. The van der Waals surface area contributed by atoms with Crippen molar-refractivity contribution < 1.29 is 19.1 Å². The Morgan fingerprint density at radius 2 is 1.93 bits per heavy atom. The predicted molar refractivity (Wildman–Crippen MR) is 106 cm³/mol. The Morgan fingerprint density at radius 1 is 1.18 bits per heavy atom. The van der Waals surface area contributed by atoms with Crippen LogP contribution in [0.2, 0.25) is 0 Å². The Balaban J connectivity index is 1.98. The zero-order chi connectivity index (χ0) is 20.5. The van der Waals surface area contributed by atoms with Crippen LogP contribution in [-0.4, -0.2) is 57.9 Å². The number of aryl methyl sites for hydroxylation is 1. The Bertz CT molecular complexity index is 666. The van der Waals surface area contributed by atoms with Crippen molar-refractivity contribution in [1.29, 1.82) is 0 Å². The molecule has 1 aromatic heterocycles. The molecule has 0 N–H and O–H groups in total. The van der Waals surface area contributed by atoms with Gasteiger partial charge in [-0.15, -0.1) is 0 Å². The van der Waals surface area contributed by atoms with Gasteiger partial charge in [0, 0.05) is 37.9 Å². The van der Waals surface area contributed by atoms with Crippen LogP contribution in [0, 0.1) is 0 Å². The first-order chi connectivity index (χ1) is 13.5. The van der Waals surface area contributed by atoms with E-state index in [0.29, 0.717) is 19.7 Å². The van der Waals surface area contributed by atoms with Crippen molar-refractivity contribution >= 4 is 17.8 Å². The van der Waals surface area contributed by atoms with Crippen molar-refractivity contribution in [2.24, 2.45) is 7.05 Å². The molecule has 1 aliphatic carbocycles. The third-order valence-corrected chi connectivity index (χ3v) is 5.00. The molecule has 2 rings (SSSR count). The number of ether oxygens (including phenoxy) is 1. The van der Waals surface area contributed by atoms with Crippen molar-refractivity contribution in [2.45, 2.75) is 65.0 Å². The van der Waals surface area contributed by atoms with Crippen LogP contribution in [0.15, 0.2) is 18.3 Å². The van der Waals surface area contributed by atoms with E-state index >= 15 is 0 Å². The summed E-state index contributed by atoms with van der Waals surface area (Å²) in [7, 11) is 1.97. The lowest BCUT2D eigenvalue weighted by Crippen LogP contribution is -2.44. The lowest BCUT2D eigenvalue weighted by molar-refractivity contribution is -0.146. The molecule has 1 heterocycles. The van der Waals surface area contributed by atoms with Gasteiger partial charge in [-0.25, -0.2) is 0 Å². The first-order valence-electron chi connectivity index (χ1n) is 10.3. The van der Waals surface area contributed by atoms with Crippen molar-refractivity contribution in [2.75, 3.05) is 19.7 Å². The van der Waals surface area contributed by atoms with E-state index in [1.807, 2.05) is 34.8 Å². The van der Waals surface area contributed by atoms with Crippen LogP contribution in [0.25, 0.3) is 0 Å². The highest BCUT2D eigenvalue weighted by Crippen LogP contribution is 2.28. The summed E-state index contributed by atoms with van der Waals surface area (Å²) in [6.45, 7) is 5.27. The summed E-state index contributed by atoms with van der Waals surface area (Å²) in [5.41, 5.74) is 1.08. The van der Waals surface area contributed by atoms with Crippen LogP contribution >= 0.6 is 0 Å². The number of hydrogen-bond donors (Lipinski definition) is 0. The highest BCUT2D eigenvalue weighted by molar-refractivity contribution is 5.86. The topological polar surface area (TPSA) is 71.9 Å². The first kappa shape index (κ1) is 22.0. The second-order valence-electron chi connectivity index (χ2n) is 7.34. The van der Waals surface area contributed by atoms with Gasteiger partial charge < -0.3 is 19.1 Å².